The van der Waals surface area contributed by atoms with Crippen LogP contribution in [0, 0.1) is 11.8 Å². The molecule has 1 aromatic carbocycles. The van der Waals surface area contributed by atoms with Gasteiger partial charge in [0.25, 0.3) is 5.91 Å². The molecule has 0 fully saturated rings. The van der Waals surface area contributed by atoms with Gasteiger partial charge in [0.15, 0.2) is 0 Å². The van der Waals surface area contributed by atoms with Gasteiger partial charge in [-0.1, -0.05) is 23.4 Å². The standard InChI is InChI=1S/C14H13ClN4O/c1-19-9-17-8-13(19)14(20)18-12-5-4-11(15)7-10(12)3-2-6-16/h4-5,7-9H,6,16H2,1H3,(H,18,20). The zero-order valence-electron chi connectivity index (χ0n) is 10.9. The minimum atomic E-state index is -0.261. The molecule has 2 rings (SSSR count). The second-order valence-corrected chi connectivity index (χ2v) is 4.48. The average molecular weight is 289 g/mol. The lowest BCUT2D eigenvalue weighted by Crippen LogP contribution is -2.16. The summed E-state index contributed by atoms with van der Waals surface area (Å²) in [4.78, 5) is 16.0. The number of benzene rings is 1. The number of rotatable bonds is 2. The number of amides is 1. The van der Waals surface area contributed by atoms with Gasteiger partial charge < -0.3 is 15.6 Å². The highest BCUT2D eigenvalue weighted by Gasteiger charge is 2.11. The minimum absolute atomic E-state index is 0.238. The number of imidazole rings is 1. The first-order valence-electron chi connectivity index (χ1n) is 5.88. The van der Waals surface area contributed by atoms with Gasteiger partial charge in [-0.25, -0.2) is 4.98 Å². The van der Waals surface area contributed by atoms with E-state index in [0.717, 1.165) is 0 Å². The Morgan fingerprint density at radius 3 is 3.00 bits per heavy atom. The Bertz CT molecular complexity index is 697. The number of nitrogens with one attached hydrogen (secondary N) is 1. The van der Waals surface area contributed by atoms with Crippen molar-refractivity contribution in [1.29, 1.82) is 0 Å². The molecule has 20 heavy (non-hydrogen) atoms. The predicted octanol–water partition coefficient (Wildman–Crippen LogP) is 1.64. The number of hydrogen-bond acceptors (Lipinski definition) is 3. The Hall–Kier alpha value is -2.29. The number of aromatic nitrogens is 2. The van der Waals surface area contributed by atoms with E-state index in [1.165, 1.54) is 6.20 Å². The minimum Gasteiger partial charge on any atom is -0.330 e. The van der Waals surface area contributed by atoms with Crippen LogP contribution in [0.15, 0.2) is 30.7 Å². The van der Waals surface area contributed by atoms with E-state index in [4.69, 9.17) is 17.3 Å². The Kier molecular flexibility index (Phi) is 4.41. The van der Waals surface area contributed by atoms with Crippen LogP contribution in [0.3, 0.4) is 0 Å². The van der Waals surface area contributed by atoms with Crippen molar-refractivity contribution >= 4 is 23.2 Å². The van der Waals surface area contributed by atoms with E-state index in [2.05, 4.69) is 22.1 Å². The van der Waals surface area contributed by atoms with E-state index in [0.29, 0.717) is 22.0 Å². The number of carbonyl (C=O) groups is 1. The van der Waals surface area contributed by atoms with Crippen molar-refractivity contribution in [2.75, 3.05) is 11.9 Å². The quantitative estimate of drug-likeness (QED) is 0.825. The summed E-state index contributed by atoms with van der Waals surface area (Å²) in [5.41, 5.74) is 7.02. The molecule has 0 bridgehead atoms. The molecule has 1 aromatic heterocycles. The average Bonchev–Trinajstić information content (AvgIpc) is 2.85. The summed E-state index contributed by atoms with van der Waals surface area (Å²) in [5, 5.41) is 3.33. The van der Waals surface area contributed by atoms with Gasteiger partial charge in [0.05, 0.1) is 24.8 Å². The van der Waals surface area contributed by atoms with Crippen LogP contribution in [0.2, 0.25) is 5.02 Å². The molecule has 2 aromatic rings. The first-order valence-corrected chi connectivity index (χ1v) is 6.25. The molecule has 102 valence electrons. The van der Waals surface area contributed by atoms with Gasteiger partial charge in [0.2, 0.25) is 0 Å². The van der Waals surface area contributed by atoms with E-state index in [-0.39, 0.29) is 12.5 Å². The molecule has 0 spiro atoms. The summed E-state index contributed by atoms with van der Waals surface area (Å²) >= 11 is 5.93. The summed E-state index contributed by atoms with van der Waals surface area (Å²) in [5.74, 6) is 5.36. The molecule has 0 unspecified atom stereocenters. The molecule has 1 heterocycles. The molecule has 0 saturated heterocycles. The van der Waals surface area contributed by atoms with Crippen LogP contribution in [-0.4, -0.2) is 22.0 Å². The maximum Gasteiger partial charge on any atom is 0.273 e. The topological polar surface area (TPSA) is 72.9 Å². The first kappa shape index (κ1) is 14.1. The fourth-order valence-electron chi connectivity index (χ4n) is 1.64. The number of nitrogens with two attached hydrogens (primary N) is 1. The molecule has 0 saturated carbocycles. The fourth-order valence-corrected chi connectivity index (χ4v) is 1.81. The van der Waals surface area contributed by atoms with Gasteiger partial charge in [-0.05, 0) is 18.2 Å². The maximum absolute atomic E-state index is 12.1. The third-order valence-corrected chi connectivity index (χ3v) is 2.84. The Morgan fingerprint density at radius 1 is 1.55 bits per heavy atom. The van der Waals surface area contributed by atoms with E-state index in [1.54, 1.807) is 36.1 Å². The van der Waals surface area contributed by atoms with Crippen molar-refractivity contribution in [3.8, 4) is 11.8 Å². The predicted molar refractivity (Wildman–Crippen MR) is 78.5 cm³/mol. The molecule has 1 amide bonds. The number of nitrogens with zero attached hydrogens (tertiary/aromatic N) is 2. The van der Waals surface area contributed by atoms with E-state index in [1.807, 2.05) is 0 Å². The van der Waals surface area contributed by atoms with Crippen molar-refractivity contribution in [2.45, 2.75) is 0 Å². The van der Waals surface area contributed by atoms with Gasteiger partial charge in [0.1, 0.15) is 5.69 Å². The van der Waals surface area contributed by atoms with Crippen LogP contribution in [0.1, 0.15) is 16.1 Å². The largest absolute Gasteiger partial charge is 0.330 e. The molecule has 3 N–H and O–H groups in total. The van der Waals surface area contributed by atoms with Crippen LogP contribution in [0.5, 0.6) is 0 Å². The van der Waals surface area contributed by atoms with Crippen LogP contribution in [-0.2, 0) is 7.05 Å². The smallest absolute Gasteiger partial charge is 0.273 e. The molecule has 0 atom stereocenters. The number of anilines is 1. The van der Waals surface area contributed by atoms with Crippen molar-refractivity contribution in [3.05, 3.63) is 47.0 Å². The monoisotopic (exact) mass is 288 g/mol. The SMILES string of the molecule is Cn1cncc1C(=O)Nc1ccc(Cl)cc1C#CCN. The van der Waals surface area contributed by atoms with Crippen molar-refractivity contribution < 1.29 is 4.79 Å². The van der Waals surface area contributed by atoms with Crippen LogP contribution < -0.4 is 11.1 Å². The lowest BCUT2D eigenvalue weighted by Gasteiger charge is -2.08. The zero-order valence-corrected chi connectivity index (χ0v) is 11.6. The lowest BCUT2D eigenvalue weighted by atomic mass is 10.1. The van der Waals surface area contributed by atoms with Crippen molar-refractivity contribution in [1.82, 2.24) is 9.55 Å². The highest BCUT2D eigenvalue weighted by atomic mass is 35.5. The zero-order chi connectivity index (χ0) is 14.5. The van der Waals surface area contributed by atoms with E-state index >= 15 is 0 Å². The number of carbonyl (C=O) groups excluding carboxylic acids is 1. The molecular formula is C14H13ClN4O. The van der Waals surface area contributed by atoms with Crippen LogP contribution in [0.25, 0.3) is 0 Å². The first-order chi connectivity index (χ1) is 9.61. The summed E-state index contributed by atoms with van der Waals surface area (Å²) in [6, 6.07) is 5.08. The number of halogens is 1. The lowest BCUT2D eigenvalue weighted by molar-refractivity contribution is 0.101. The fraction of sp³-hybridized carbons (Fsp3) is 0.143. The Labute approximate surface area is 121 Å². The summed E-state index contributed by atoms with van der Waals surface area (Å²) in [6.07, 6.45) is 3.06. The molecule has 0 radical (unpaired) electrons. The third-order valence-electron chi connectivity index (χ3n) is 2.60. The second kappa shape index (κ2) is 6.24. The highest BCUT2D eigenvalue weighted by Crippen LogP contribution is 2.20. The molecular weight excluding hydrogens is 276 g/mol. The van der Waals surface area contributed by atoms with Crippen LogP contribution >= 0.6 is 11.6 Å². The van der Waals surface area contributed by atoms with Gasteiger partial charge in [-0.15, -0.1) is 0 Å². The van der Waals surface area contributed by atoms with E-state index < -0.39 is 0 Å². The van der Waals surface area contributed by atoms with Crippen molar-refractivity contribution in [3.63, 3.8) is 0 Å². The molecule has 0 aliphatic heterocycles. The van der Waals surface area contributed by atoms with Gasteiger partial charge in [-0.3, -0.25) is 4.79 Å². The molecule has 0 aliphatic rings. The summed E-state index contributed by atoms with van der Waals surface area (Å²) < 4.78 is 1.64. The molecule has 0 aliphatic carbocycles. The van der Waals surface area contributed by atoms with Crippen molar-refractivity contribution in [2.24, 2.45) is 12.8 Å². The molecule has 6 heteroatoms. The normalized spacial score (nSPS) is 9.75. The van der Waals surface area contributed by atoms with E-state index in [9.17, 15) is 4.79 Å². The maximum atomic E-state index is 12.1. The summed E-state index contributed by atoms with van der Waals surface area (Å²) in [6.45, 7) is 0.238. The Morgan fingerprint density at radius 2 is 2.35 bits per heavy atom. The summed E-state index contributed by atoms with van der Waals surface area (Å²) in [7, 11) is 1.75. The second-order valence-electron chi connectivity index (χ2n) is 4.04. The van der Waals surface area contributed by atoms with Crippen LogP contribution in [0.4, 0.5) is 5.69 Å². The highest BCUT2D eigenvalue weighted by molar-refractivity contribution is 6.30. The Balaban J connectivity index is 2.29. The number of aryl methyl sites for hydroxylation is 1. The van der Waals surface area contributed by atoms with Gasteiger partial charge >= 0.3 is 0 Å². The van der Waals surface area contributed by atoms with Gasteiger partial charge in [-0.2, -0.15) is 0 Å². The van der Waals surface area contributed by atoms with Gasteiger partial charge in [0, 0.05) is 17.6 Å². The third kappa shape index (κ3) is 3.18. The number of hydrogen-bond donors (Lipinski definition) is 2. The molecule has 5 nitrogen and oxygen atoms in total.